The van der Waals surface area contributed by atoms with Crippen LogP contribution in [0.1, 0.15) is 20.3 Å². The average Bonchev–Trinajstić information content (AvgIpc) is 2.18. The van der Waals surface area contributed by atoms with E-state index in [1.165, 1.54) is 0 Å². The Labute approximate surface area is 80.0 Å². The van der Waals surface area contributed by atoms with Gasteiger partial charge >= 0.3 is 0 Å². The summed E-state index contributed by atoms with van der Waals surface area (Å²) < 4.78 is 15.5. The zero-order valence-corrected chi connectivity index (χ0v) is 9.01. The molecule has 0 amide bonds. The van der Waals surface area contributed by atoms with Gasteiger partial charge in [-0.1, -0.05) is 6.92 Å². The van der Waals surface area contributed by atoms with Crippen LogP contribution in [0.3, 0.4) is 0 Å². The highest BCUT2D eigenvalue weighted by Gasteiger charge is 2.11. The Balaban J connectivity index is 4.93. The maximum Gasteiger partial charge on any atom is 0.198 e. The topological polar surface area (TPSA) is 27.7 Å². The second kappa shape index (κ2) is 6.40. The van der Waals surface area contributed by atoms with Crippen LogP contribution in [-0.4, -0.2) is 21.3 Å². The van der Waals surface area contributed by atoms with Crippen molar-refractivity contribution in [3.05, 3.63) is 23.4 Å². The summed E-state index contributed by atoms with van der Waals surface area (Å²) >= 11 is 0. The molecule has 0 bridgehead atoms. The van der Waals surface area contributed by atoms with E-state index in [0.717, 1.165) is 12.2 Å². The van der Waals surface area contributed by atoms with Crippen molar-refractivity contribution in [1.82, 2.24) is 0 Å². The highest BCUT2D eigenvalue weighted by atomic mass is 16.5. The second-order valence-corrected chi connectivity index (χ2v) is 2.37. The fraction of sp³-hybridized carbons (Fsp3) is 0.600. The molecular formula is C10H18O3. The molecule has 0 aromatic rings. The standard InChI is InChI=1S/C10H18O3/c1-6-8(11-3)10(13-5)9(7-2)12-4/h6H,7H2,1-5H3. The monoisotopic (exact) mass is 186 g/mol. The van der Waals surface area contributed by atoms with Crippen molar-refractivity contribution in [3.63, 3.8) is 0 Å². The summed E-state index contributed by atoms with van der Waals surface area (Å²) in [4.78, 5) is 0. The summed E-state index contributed by atoms with van der Waals surface area (Å²) in [7, 11) is 4.84. The van der Waals surface area contributed by atoms with Gasteiger partial charge < -0.3 is 14.2 Å². The molecule has 0 aromatic carbocycles. The van der Waals surface area contributed by atoms with Crippen molar-refractivity contribution in [2.75, 3.05) is 21.3 Å². The molecule has 76 valence electrons. The minimum Gasteiger partial charge on any atom is -0.497 e. The summed E-state index contributed by atoms with van der Waals surface area (Å²) in [6, 6.07) is 0. The van der Waals surface area contributed by atoms with E-state index in [1.807, 2.05) is 19.9 Å². The van der Waals surface area contributed by atoms with Crippen LogP contribution in [0.15, 0.2) is 23.4 Å². The highest BCUT2D eigenvalue weighted by molar-refractivity contribution is 5.22. The summed E-state index contributed by atoms with van der Waals surface area (Å²) in [6.45, 7) is 3.89. The van der Waals surface area contributed by atoms with Gasteiger partial charge in [-0.3, -0.25) is 0 Å². The van der Waals surface area contributed by atoms with Crippen LogP contribution >= 0.6 is 0 Å². The van der Waals surface area contributed by atoms with Gasteiger partial charge in [0.1, 0.15) is 5.76 Å². The maximum absolute atomic E-state index is 5.20. The zero-order valence-electron chi connectivity index (χ0n) is 9.01. The van der Waals surface area contributed by atoms with Gasteiger partial charge in [-0.2, -0.15) is 0 Å². The number of rotatable bonds is 5. The lowest BCUT2D eigenvalue weighted by atomic mass is 10.3. The Kier molecular flexibility index (Phi) is 5.85. The molecule has 0 heterocycles. The van der Waals surface area contributed by atoms with Crippen LogP contribution in [0.25, 0.3) is 0 Å². The minimum absolute atomic E-state index is 0.662. The van der Waals surface area contributed by atoms with Gasteiger partial charge in [-0.25, -0.2) is 0 Å². The molecule has 3 heteroatoms. The predicted octanol–water partition coefficient (Wildman–Crippen LogP) is 2.45. The minimum atomic E-state index is 0.662. The van der Waals surface area contributed by atoms with Crippen LogP contribution in [0.2, 0.25) is 0 Å². The Morgan fingerprint density at radius 3 is 1.92 bits per heavy atom. The molecule has 0 aliphatic carbocycles. The van der Waals surface area contributed by atoms with Gasteiger partial charge in [-0.05, 0) is 13.0 Å². The van der Waals surface area contributed by atoms with Gasteiger partial charge in [0.25, 0.3) is 0 Å². The number of allylic oxidation sites excluding steroid dienone is 2. The number of hydrogen-bond donors (Lipinski definition) is 0. The summed E-state index contributed by atoms with van der Waals surface area (Å²) in [5.41, 5.74) is 0. The summed E-state index contributed by atoms with van der Waals surface area (Å²) in [6.07, 6.45) is 2.62. The van der Waals surface area contributed by atoms with E-state index >= 15 is 0 Å². The molecule has 0 fully saturated rings. The Morgan fingerprint density at radius 2 is 1.69 bits per heavy atom. The van der Waals surface area contributed by atoms with Crippen LogP contribution < -0.4 is 0 Å². The van der Waals surface area contributed by atoms with E-state index in [-0.39, 0.29) is 0 Å². The van der Waals surface area contributed by atoms with Crippen molar-refractivity contribution in [3.8, 4) is 0 Å². The molecule has 0 aliphatic rings. The van der Waals surface area contributed by atoms with E-state index in [0.29, 0.717) is 11.5 Å². The third kappa shape index (κ3) is 3.01. The number of ether oxygens (including phenoxy) is 3. The number of methoxy groups -OCH3 is 3. The van der Waals surface area contributed by atoms with Crippen molar-refractivity contribution in [2.24, 2.45) is 0 Å². The predicted molar refractivity (Wildman–Crippen MR) is 52.1 cm³/mol. The zero-order chi connectivity index (χ0) is 10.3. The SMILES string of the molecule is CC=C(OC)C(OC)=C(CC)OC. The molecule has 0 saturated carbocycles. The van der Waals surface area contributed by atoms with Gasteiger partial charge in [0.2, 0.25) is 0 Å². The first-order valence-electron chi connectivity index (χ1n) is 4.26. The lowest BCUT2D eigenvalue weighted by Gasteiger charge is -2.13. The third-order valence-electron chi connectivity index (χ3n) is 1.73. The molecule has 0 radical (unpaired) electrons. The lowest BCUT2D eigenvalue weighted by Crippen LogP contribution is -2.01. The van der Waals surface area contributed by atoms with E-state index in [1.54, 1.807) is 21.3 Å². The van der Waals surface area contributed by atoms with E-state index in [9.17, 15) is 0 Å². The highest BCUT2D eigenvalue weighted by Crippen LogP contribution is 2.18. The first kappa shape index (κ1) is 11.9. The largest absolute Gasteiger partial charge is 0.497 e. The van der Waals surface area contributed by atoms with E-state index < -0.39 is 0 Å². The summed E-state index contributed by atoms with van der Waals surface area (Å²) in [5.74, 6) is 2.15. The molecule has 0 aliphatic heterocycles. The summed E-state index contributed by atoms with van der Waals surface area (Å²) in [5, 5.41) is 0. The van der Waals surface area contributed by atoms with E-state index in [2.05, 4.69) is 0 Å². The quantitative estimate of drug-likeness (QED) is 0.487. The van der Waals surface area contributed by atoms with Crippen LogP contribution in [0.5, 0.6) is 0 Å². The van der Waals surface area contributed by atoms with Crippen LogP contribution in [0.4, 0.5) is 0 Å². The third-order valence-corrected chi connectivity index (χ3v) is 1.73. The first-order valence-corrected chi connectivity index (χ1v) is 4.26. The molecule has 13 heavy (non-hydrogen) atoms. The molecule has 0 atom stereocenters. The van der Waals surface area contributed by atoms with Crippen molar-refractivity contribution in [2.45, 2.75) is 20.3 Å². The molecule has 0 saturated heterocycles. The molecule has 0 spiro atoms. The van der Waals surface area contributed by atoms with Gasteiger partial charge in [0, 0.05) is 6.42 Å². The Bertz CT molecular complexity index is 198. The van der Waals surface area contributed by atoms with Crippen molar-refractivity contribution >= 4 is 0 Å². The van der Waals surface area contributed by atoms with Gasteiger partial charge in [0.05, 0.1) is 21.3 Å². The van der Waals surface area contributed by atoms with Gasteiger partial charge in [0.15, 0.2) is 11.5 Å². The lowest BCUT2D eigenvalue weighted by molar-refractivity contribution is 0.181. The van der Waals surface area contributed by atoms with E-state index in [4.69, 9.17) is 14.2 Å². The van der Waals surface area contributed by atoms with Gasteiger partial charge in [-0.15, -0.1) is 0 Å². The Morgan fingerprint density at radius 1 is 1.08 bits per heavy atom. The molecule has 3 nitrogen and oxygen atoms in total. The van der Waals surface area contributed by atoms with Crippen LogP contribution in [-0.2, 0) is 14.2 Å². The molecule has 0 N–H and O–H groups in total. The fourth-order valence-electron chi connectivity index (χ4n) is 1.09. The number of hydrogen-bond acceptors (Lipinski definition) is 3. The van der Waals surface area contributed by atoms with Crippen molar-refractivity contribution < 1.29 is 14.2 Å². The average molecular weight is 186 g/mol. The fourth-order valence-corrected chi connectivity index (χ4v) is 1.09. The maximum atomic E-state index is 5.20. The first-order chi connectivity index (χ1) is 6.24. The van der Waals surface area contributed by atoms with Crippen LogP contribution in [0, 0.1) is 0 Å². The molecule has 0 aromatic heterocycles. The van der Waals surface area contributed by atoms with Crippen molar-refractivity contribution in [1.29, 1.82) is 0 Å². The smallest absolute Gasteiger partial charge is 0.198 e. The molecule has 0 rings (SSSR count). The second-order valence-electron chi connectivity index (χ2n) is 2.37. The molecular weight excluding hydrogens is 168 g/mol. The Hall–Kier alpha value is -1.12. The molecule has 0 unspecified atom stereocenters. The normalized spacial score (nSPS) is 13.5.